The van der Waals surface area contributed by atoms with Gasteiger partial charge in [0.1, 0.15) is 11.7 Å². The molecular weight excluding hydrogens is 415 g/mol. The van der Waals surface area contributed by atoms with E-state index in [0.29, 0.717) is 22.3 Å². The second-order valence-electron chi connectivity index (χ2n) is 8.26. The molecule has 1 heterocycles. The summed E-state index contributed by atoms with van der Waals surface area (Å²) in [5, 5.41) is 3.60. The molecule has 0 aliphatic rings. The van der Waals surface area contributed by atoms with Gasteiger partial charge in [-0.1, -0.05) is 32.9 Å². The van der Waals surface area contributed by atoms with E-state index in [1.807, 2.05) is 0 Å². The van der Waals surface area contributed by atoms with Crippen LogP contribution in [-0.4, -0.2) is 19.2 Å². The van der Waals surface area contributed by atoms with E-state index >= 15 is 0 Å². The number of nitrogens with two attached hydrogens (primary N) is 1. The highest BCUT2D eigenvalue weighted by Crippen LogP contribution is 2.25. The van der Waals surface area contributed by atoms with Gasteiger partial charge in [-0.3, -0.25) is 4.98 Å². The normalized spacial score (nSPS) is 13.5. The number of halogens is 1. The molecule has 1 aromatic heterocycles. The Kier molecular flexibility index (Phi) is 6.13. The molecule has 3 rings (SSSR count). The fourth-order valence-corrected chi connectivity index (χ4v) is 3.92. The average molecular weight is 441 g/mol. The third-order valence-electron chi connectivity index (χ3n) is 4.57. The molecule has 0 amide bonds. The third-order valence-corrected chi connectivity index (χ3v) is 5.87. The maximum atomic E-state index is 13.5. The number of fused-ring (bicyclic) bond motifs is 1. The van der Waals surface area contributed by atoms with Gasteiger partial charge in [0.2, 0.25) is 0 Å². The van der Waals surface area contributed by atoms with Crippen LogP contribution in [0.3, 0.4) is 0 Å². The first-order valence-electron chi connectivity index (χ1n) is 9.66. The summed E-state index contributed by atoms with van der Waals surface area (Å²) in [6, 6.07) is 12.5. The van der Waals surface area contributed by atoms with Crippen molar-refractivity contribution in [3.05, 3.63) is 77.9 Å². The fourth-order valence-electron chi connectivity index (χ4n) is 2.98. The number of pyridine rings is 1. The van der Waals surface area contributed by atoms with Crippen LogP contribution < -0.4 is 11.1 Å². The number of nitrogens with one attached hydrogen (secondary N) is 1. The molecule has 0 saturated heterocycles. The Labute approximate surface area is 181 Å². The van der Waals surface area contributed by atoms with Crippen molar-refractivity contribution in [2.75, 3.05) is 5.32 Å². The number of amidine groups is 1. The SMILES string of the molecule is CC(N)=CC(=NS(=O)(=O)c1ccc(C(C)(C)C)cc1)Nc1ccnc2cc(F)ccc12. The molecule has 0 radical (unpaired) electrons. The van der Waals surface area contributed by atoms with Crippen molar-refractivity contribution in [1.29, 1.82) is 0 Å². The summed E-state index contributed by atoms with van der Waals surface area (Å²) in [7, 11) is -4.00. The molecule has 8 heteroatoms. The second-order valence-corrected chi connectivity index (χ2v) is 9.86. The lowest BCUT2D eigenvalue weighted by Crippen LogP contribution is -2.15. The molecule has 0 atom stereocenters. The fraction of sp³-hybridized carbons (Fsp3) is 0.217. The van der Waals surface area contributed by atoms with Crippen LogP contribution in [-0.2, 0) is 15.4 Å². The highest BCUT2D eigenvalue weighted by Gasteiger charge is 2.18. The first kappa shape index (κ1) is 22.4. The van der Waals surface area contributed by atoms with Crippen molar-refractivity contribution < 1.29 is 12.8 Å². The number of aromatic nitrogens is 1. The van der Waals surface area contributed by atoms with E-state index in [0.717, 1.165) is 5.56 Å². The summed E-state index contributed by atoms with van der Waals surface area (Å²) in [6.07, 6.45) is 2.93. The Bertz CT molecular complexity index is 1270. The van der Waals surface area contributed by atoms with E-state index in [9.17, 15) is 12.8 Å². The number of sulfonamides is 1. The number of nitrogens with zero attached hydrogens (tertiary/aromatic N) is 2. The lowest BCUT2D eigenvalue weighted by molar-refractivity contribution is 0.586. The highest BCUT2D eigenvalue weighted by atomic mass is 32.2. The van der Waals surface area contributed by atoms with Crippen molar-refractivity contribution in [2.45, 2.75) is 38.0 Å². The Morgan fingerprint density at radius 1 is 1.13 bits per heavy atom. The molecule has 6 nitrogen and oxygen atoms in total. The van der Waals surface area contributed by atoms with Crippen molar-refractivity contribution in [1.82, 2.24) is 4.98 Å². The van der Waals surface area contributed by atoms with Crippen molar-refractivity contribution >= 4 is 32.4 Å². The van der Waals surface area contributed by atoms with Crippen LogP contribution in [0.4, 0.5) is 10.1 Å². The molecule has 0 spiro atoms. The van der Waals surface area contributed by atoms with Crippen LogP contribution in [0.25, 0.3) is 10.9 Å². The minimum atomic E-state index is -4.00. The topological polar surface area (TPSA) is 97.4 Å². The molecule has 0 aliphatic carbocycles. The van der Waals surface area contributed by atoms with Gasteiger partial charge < -0.3 is 11.1 Å². The largest absolute Gasteiger partial charge is 0.402 e. The van der Waals surface area contributed by atoms with E-state index in [1.165, 1.54) is 24.4 Å². The van der Waals surface area contributed by atoms with Crippen LogP contribution in [0.15, 0.2) is 75.8 Å². The Morgan fingerprint density at radius 2 is 1.81 bits per heavy atom. The molecular formula is C23H25FN4O2S. The Hall–Kier alpha value is -3.26. The molecule has 2 aromatic carbocycles. The first-order valence-corrected chi connectivity index (χ1v) is 11.1. The van der Waals surface area contributed by atoms with Crippen LogP contribution >= 0.6 is 0 Å². The number of benzene rings is 2. The zero-order valence-electron chi connectivity index (χ0n) is 17.8. The monoisotopic (exact) mass is 440 g/mol. The van der Waals surface area contributed by atoms with Gasteiger partial charge in [-0.2, -0.15) is 8.42 Å². The zero-order chi connectivity index (χ0) is 22.8. The molecule has 162 valence electrons. The molecule has 0 bridgehead atoms. The van der Waals surface area contributed by atoms with Gasteiger partial charge in [-0.25, -0.2) is 4.39 Å². The van der Waals surface area contributed by atoms with E-state index in [4.69, 9.17) is 5.73 Å². The number of rotatable bonds is 4. The third kappa shape index (κ3) is 5.46. The second kappa shape index (κ2) is 8.47. The number of hydrogen-bond donors (Lipinski definition) is 2. The molecule has 3 N–H and O–H groups in total. The van der Waals surface area contributed by atoms with Gasteiger partial charge in [-0.15, -0.1) is 4.40 Å². The standard InChI is InChI=1S/C23H25FN4O2S/c1-15(25)13-22(27-20-11-12-26-21-14-17(24)7-10-19(20)21)28-31(29,30)18-8-5-16(6-9-18)23(2,3)4/h5-14H,25H2,1-4H3,(H,26,27,28). The Balaban J connectivity index is 2.02. The summed E-state index contributed by atoms with van der Waals surface area (Å²) < 4.78 is 43.3. The number of hydrogen-bond acceptors (Lipinski definition) is 4. The average Bonchev–Trinajstić information content (AvgIpc) is 2.66. The molecule has 0 unspecified atom stereocenters. The minimum Gasteiger partial charge on any atom is -0.402 e. The summed E-state index contributed by atoms with van der Waals surface area (Å²) in [6.45, 7) is 7.78. The van der Waals surface area contributed by atoms with Gasteiger partial charge in [-0.05, 0) is 48.2 Å². The maximum absolute atomic E-state index is 13.5. The molecule has 0 aliphatic heterocycles. The lowest BCUT2D eigenvalue weighted by Gasteiger charge is -2.18. The molecule has 31 heavy (non-hydrogen) atoms. The highest BCUT2D eigenvalue weighted by molar-refractivity contribution is 7.90. The van der Waals surface area contributed by atoms with Crippen LogP contribution in [0.1, 0.15) is 33.3 Å². The Morgan fingerprint density at radius 3 is 2.42 bits per heavy atom. The number of anilines is 1. The van der Waals surface area contributed by atoms with Gasteiger partial charge in [0, 0.05) is 29.4 Å². The zero-order valence-corrected chi connectivity index (χ0v) is 18.7. The van der Waals surface area contributed by atoms with Gasteiger partial charge >= 0.3 is 0 Å². The van der Waals surface area contributed by atoms with Crippen LogP contribution in [0.2, 0.25) is 0 Å². The van der Waals surface area contributed by atoms with E-state index in [1.54, 1.807) is 43.3 Å². The molecule has 0 saturated carbocycles. The van der Waals surface area contributed by atoms with Gasteiger partial charge in [0.25, 0.3) is 10.0 Å². The number of allylic oxidation sites excluding steroid dienone is 1. The summed E-state index contributed by atoms with van der Waals surface area (Å²) >= 11 is 0. The molecule has 3 aromatic rings. The van der Waals surface area contributed by atoms with Crippen LogP contribution in [0.5, 0.6) is 0 Å². The summed E-state index contributed by atoms with van der Waals surface area (Å²) in [4.78, 5) is 4.22. The van der Waals surface area contributed by atoms with Crippen LogP contribution in [0, 0.1) is 5.82 Å². The van der Waals surface area contributed by atoms with Crippen molar-refractivity contribution in [3.8, 4) is 0 Å². The van der Waals surface area contributed by atoms with E-state index in [2.05, 4.69) is 35.5 Å². The minimum absolute atomic E-state index is 0.0386. The quantitative estimate of drug-likeness (QED) is 0.451. The smallest absolute Gasteiger partial charge is 0.284 e. The first-order chi connectivity index (χ1) is 14.5. The molecule has 0 fully saturated rings. The van der Waals surface area contributed by atoms with Gasteiger partial charge in [0.15, 0.2) is 0 Å². The van der Waals surface area contributed by atoms with Crippen molar-refractivity contribution in [3.63, 3.8) is 0 Å². The lowest BCUT2D eigenvalue weighted by atomic mass is 9.87. The maximum Gasteiger partial charge on any atom is 0.284 e. The van der Waals surface area contributed by atoms with E-state index in [-0.39, 0.29) is 16.1 Å². The predicted molar refractivity (Wildman–Crippen MR) is 123 cm³/mol. The summed E-state index contributed by atoms with van der Waals surface area (Å²) in [5.41, 5.74) is 8.03. The van der Waals surface area contributed by atoms with Crippen molar-refractivity contribution in [2.24, 2.45) is 10.1 Å². The van der Waals surface area contributed by atoms with E-state index < -0.39 is 15.8 Å². The summed E-state index contributed by atoms with van der Waals surface area (Å²) in [5.74, 6) is -0.373. The predicted octanol–water partition coefficient (Wildman–Crippen LogP) is 4.73. The van der Waals surface area contributed by atoms with Gasteiger partial charge in [0.05, 0.1) is 16.1 Å².